The third kappa shape index (κ3) is 2.09. The number of aromatic nitrogens is 4. The molecule has 0 saturated carbocycles. The molecule has 2 aromatic heterocycles. The second-order valence-corrected chi connectivity index (χ2v) is 4.93. The van der Waals surface area contributed by atoms with E-state index in [9.17, 15) is 4.79 Å². The Morgan fingerprint density at radius 1 is 1.41 bits per heavy atom. The molecule has 0 atom stereocenters. The van der Waals surface area contributed by atoms with Crippen LogP contribution >= 0.6 is 0 Å². The topological polar surface area (TPSA) is 63.6 Å². The van der Waals surface area contributed by atoms with Crippen LogP contribution in [0.15, 0.2) is 17.4 Å². The molecule has 0 fully saturated rings. The number of nitrogens with zero attached hydrogens (tertiary/aromatic N) is 3. The van der Waals surface area contributed by atoms with Gasteiger partial charge in [-0.2, -0.15) is 0 Å². The highest BCUT2D eigenvalue weighted by atomic mass is 16.1. The molecule has 0 spiro atoms. The lowest BCUT2D eigenvalue weighted by Gasteiger charge is -2.26. The van der Waals surface area contributed by atoms with Gasteiger partial charge >= 0.3 is 0 Å². The lowest BCUT2D eigenvalue weighted by atomic mass is 9.97. The van der Waals surface area contributed by atoms with Crippen LogP contribution in [0.4, 0.5) is 0 Å². The quantitative estimate of drug-likeness (QED) is 0.880. The Hall–Kier alpha value is -1.65. The van der Waals surface area contributed by atoms with Gasteiger partial charge in [0.15, 0.2) is 11.2 Å². The van der Waals surface area contributed by atoms with Gasteiger partial charge in [0, 0.05) is 5.54 Å². The largest absolute Gasteiger partial charge is 0.311 e. The van der Waals surface area contributed by atoms with Crippen molar-refractivity contribution in [2.75, 3.05) is 0 Å². The van der Waals surface area contributed by atoms with Crippen LogP contribution in [0.3, 0.4) is 0 Å². The summed E-state index contributed by atoms with van der Waals surface area (Å²) in [6.07, 6.45) is 6.49. The van der Waals surface area contributed by atoms with Crippen molar-refractivity contribution in [1.82, 2.24) is 19.5 Å². The first-order valence-corrected chi connectivity index (χ1v) is 5.97. The number of aromatic amines is 1. The molecule has 0 aliphatic heterocycles. The van der Waals surface area contributed by atoms with Gasteiger partial charge in [0.1, 0.15) is 0 Å². The molecule has 2 aromatic rings. The summed E-state index contributed by atoms with van der Waals surface area (Å²) in [5.74, 6) is 0. The van der Waals surface area contributed by atoms with Gasteiger partial charge in [-0.05, 0) is 20.3 Å². The van der Waals surface area contributed by atoms with Crippen LogP contribution in [0.2, 0.25) is 0 Å². The first-order valence-electron chi connectivity index (χ1n) is 5.97. The fraction of sp³-hybridized carbons (Fsp3) is 0.583. The zero-order valence-electron chi connectivity index (χ0n) is 10.5. The highest BCUT2D eigenvalue weighted by Crippen LogP contribution is 2.25. The molecular weight excluding hydrogens is 216 g/mol. The van der Waals surface area contributed by atoms with Crippen LogP contribution in [-0.4, -0.2) is 19.5 Å². The monoisotopic (exact) mass is 234 g/mol. The molecule has 17 heavy (non-hydrogen) atoms. The number of unbranched alkanes of at least 4 members (excludes halogenated alkanes) is 1. The first kappa shape index (κ1) is 11.8. The van der Waals surface area contributed by atoms with Crippen LogP contribution in [-0.2, 0) is 5.54 Å². The van der Waals surface area contributed by atoms with Crippen molar-refractivity contribution in [3.8, 4) is 0 Å². The van der Waals surface area contributed by atoms with Crippen molar-refractivity contribution in [2.45, 2.75) is 45.6 Å². The summed E-state index contributed by atoms with van der Waals surface area (Å²) in [4.78, 5) is 22.5. The number of nitrogens with one attached hydrogen (secondary N) is 1. The summed E-state index contributed by atoms with van der Waals surface area (Å²) in [5, 5.41) is 0. The van der Waals surface area contributed by atoms with Crippen LogP contribution in [0.25, 0.3) is 11.2 Å². The summed E-state index contributed by atoms with van der Waals surface area (Å²) in [5.41, 5.74) is 0.831. The zero-order chi connectivity index (χ0) is 12.5. The summed E-state index contributed by atoms with van der Waals surface area (Å²) < 4.78 is 1.99. The van der Waals surface area contributed by atoms with Crippen LogP contribution in [0, 0.1) is 0 Å². The molecule has 0 aliphatic carbocycles. The maximum atomic E-state index is 11.6. The van der Waals surface area contributed by atoms with E-state index < -0.39 is 0 Å². The molecule has 0 amide bonds. The summed E-state index contributed by atoms with van der Waals surface area (Å²) in [6, 6.07) is 0. The van der Waals surface area contributed by atoms with Gasteiger partial charge in [-0.15, -0.1) is 0 Å². The summed E-state index contributed by atoms with van der Waals surface area (Å²) >= 11 is 0. The lowest BCUT2D eigenvalue weighted by molar-refractivity contribution is 0.324. The van der Waals surface area contributed by atoms with Crippen molar-refractivity contribution >= 4 is 11.2 Å². The van der Waals surface area contributed by atoms with Crippen molar-refractivity contribution < 1.29 is 0 Å². The average Bonchev–Trinajstić information content (AvgIpc) is 2.72. The maximum absolute atomic E-state index is 11.6. The van der Waals surface area contributed by atoms with Crippen molar-refractivity contribution in [1.29, 1.82) is 0 Å². The van der Waals surface area contributed by atoms with Gasteiger partial charge in [0.05, 0.1) is 12.7 Å². The Morgan fingerprint density at radius 2 is 2.18 bits per heavy atom. The molecule has 0 radical (unpaired) electrons. The highest BCUT2D eigenvalue weighted by molar-refractivity contribution is 5.69. The van der Waals surface area contributed by atoms with Gasteiger partial charge in [-0.1, -0.05) is 19.8 Å². The molecule has 0 aliphatic rings. The van der Waals surface area contributed by atoms with E-state index in [1.54, 1.807) is 6.33 Å². The van der Waals surface area contributed by atoms with E-state index in [1.165, 1.54) is 6.33 Å². The fourth-order valence-electron chi connectivity index (χ4n) is 2.02. The molecule has 2 heterocycles. The lowest BCUT2D eigenvalue weighted by Crippen LogP contribution is -2.26. The van der Waals surface area contributed by atoms with Crippen LogP contribution in [0.1, 0.15) is 40.0 Å². The number of imidazole rings is 1. The molecule has 5 nitrogen and oxygen atoms in total. The van der Waals surface area contributed by atoms with Crippen LogP contribution in [0.5, 0.6) is 0 Å². The Kier molecular flexibility index (Phi) is 3.00. The normalized spacial score (nSPS) is 12.2. The SMILES string of the molecule is CCCCC(C)(C)n1cnc2c(=O)[nH]cnc21. The molecule has 5 heteroatoms. The van der Waals surface area contributed by atoms with Crippen molar-refractivity contribution in [3.63, 3.8) is 0 Å². The van der Waals surface area contributed by atoms with E-state index in [0.717, 1.165) is 19.3 Å². The second-order valence-electron chi connectivity index (χ2n) is 4.93. The Balaban J connectivity index is 2.49. The third-order valence-electron chi connectivity index (χ3n) is 3.13. The van der Waals surface area contributed by atoms with Gasteiger partial charge in [0.2, 0.25) is 0 Å². The van der Waals surface area contributed by atoms with E-state index in [1.807, 2.05) is 4.57 Å². The van der Waals surface area contributed by atoms with Crippen LogP contribution < -0.4 is 5.56 Å². The average molecular weight is 234 g/mol. The standard InChI is InChI=1S/C12H18N4O/c1-4-5-6-12(2,3)16-8-15-9-10(16)13-7-14-11(9)17/h7-8H,4-6H2,1-3H3,(H,13,14,17). The maximum Gasteiger partial charge on any atom is 0.278 e. The predicted octanol–water partition coefficient (Wildman–Crippen LogP) is 2.04. The molecule has 0 unspecified atom stereocenters. The van der Waals surface area contributed by atoms with Gasteiger partial charge < -0.3 is 9.55 Å². The molecule has 0 aromatic carbocycles. The molecule has 0 bridgehead atoms. The van der Waals surface area contributed by atoms with Gasteiger partial charge in [-0.3, -0.25) is 4.79 Å². The number of hydrogen-bond donors (Lipinski definition) is 1. The van der Waals surface area contributed by atoms with E-state index >= 15 is 0 Å². The fourth-order valence-corrected chi connectivity index (χ4v) is 2.02. The number of hydrogen-bond acceptors (Lipinski definition) is 3. The van der Waals surface area contributed by atoms with E-state index in [4.69, 9.17) is 0 Å². The minimum absolute atomic E-state index is 0.0639. The van der Waals surface area contributed by atoms with Crippen molar-refractivity contribution in [2.24, 2.45) is 0 Å². The molecule has 92 valence electrons. The van der Waals surface area contributed by atoms with E-state index in [2.05, 4.69) is 35.7 Å². The zero-order valence-corrected chi connectivity index (χ0v) is 10.5. The van der Waals surface area contributed by atoms with Gasteiger partial charge in [0.25, 0.3) is 5.56 Å². The number of rotatable bonds is 4. The third-order valence-corrected chi connectivity index (χ3v) is 3.13. The molecule has 2 rings (SSSR count). The predicted molar refractivity (Wildman–Crippen MR) is 67.0 cm³/mol. The number of H-pyrrole nitrogens is 1. The minimum Gasteiger partial charge on any atom is -0.311 e. The Labute approximate surface area is 99.9 Å². The number of fused-ring (bicyclic) bond motifs is 1. The molecule has 1 N–H and O–H groups in total. The van der Waals surface area contributed by atoms with Gasteiger partial charge in [-0.25, -0.2) is 9.97 Å². The highest BCUT2D eigenvalue weighted by Gasteiger charge is 2.22. The Bertz CT molecular complexity index is 567. The molecule has 0 saturated heterocycles. The second kappa shape index (κ2) is 4.31. The van der Waals surface area contributed by atoms with Crippen molar-refractivity contribution in [3.05, 3.63) is 23.0 Å². The summed E-state index contributed by atoms with van der Waals surface area (Å²) in [7, 11) is 0. The smallest absolute Gasteiger partial charge is 0.278 e. The van der Waals surface area contributed by atoms with E-state index in [0.29, 0.717) is 11.2 Å². The first-order chi connectivity index (χ1) is 8.06. The minimum atomic E-state index is -0.181. The molecular formula is C12H18N4O. The van der Waals surface area contributed by atoms with E-state index in [-0.39, 0.29) is 11.1 Å². The Morgan fingerprint density at radius 3 is 2.88 bits per heavy atom. The summed E-state index contributed by atoms with van der Waals surface area (Å²) in [6.45, 7) is 6.46.